The highest BCUT2D eigenvalue weighted by Gasteiger charge is 2.22. The quantitative estimate of drug-likeness (QED) is 0.625. The maximum atomic E-state index is 14.2. The smallest absolute Gasteiger partial charge is 0.222 e. The van der Waals surface area contributed by atoms with Gasteiger partial charge in [-0.1, -0.05) is 6.07 Å². The number of likely N-dealkylation sites (N-methyl/N-ethyl adjacent to an activating group) is 1. The van der Waals surface area contributed by atoms with Crippen molar-refractivity contribution in [2.75, 3.05) is 33.8 Å². The lowest BCUT2D eigenvalue weighted by Crippen LogP contribution is -2.36. The molecule has 0 radical (unpaired) electrons. The maximum Gasteiger partial charge on any atom is 0.222 e. The fourth-order valence-corrected chi connectivity index (χ4v) is 4.04. The number of aromatic nitrogens is 1. The molecule has 0 unspecified atom stereocenters. The van der Waals surface area contributed by atoms with Crippen LogP contribution in [0.15, 0.2) is 42.6 Å². The van der Waals surface area contributed by atoms with Gasteiger partial charge in [0.2, 0.25) is 5.91 Å². The van der Waals surface area contributed by atoms with Gasteiger partial charge in [0.1, 0.15) is 11.6 Å². The van der Waals surface area contributed by atoms with E-state index in [1.807, 2.05) is 25.2 Å². The van der Waals surface area contributed by atoms with Crippen molar-refractivity contribution in [3.8, 4) is 5.75 Å². The Morgan fingerprint density at radius 3 is 2.97 bits per heavy atom. The van der Waals surface area contributed by atoms with Gasteiger partial charge in [-0.3, -0.25) is 14.7 Å². The number of ether oxygens (including phenoxy) is 1. The number of methoxy groups -OCH3 is 1. The zero-order valence-electron chi connectivity index (χ0n) is 18.0. The number of hydrogen-bond donors (Lipinski definition) is 0. The summed E-state index contributed by atoms with van der Waals surface area (Å²) in [6.45, 7) is 3.13. The minimum atomic E-state index is -0.192. The van der Waals surface area contributed by atoms with Gasteiger partial charge in [-0.05, 0) is 62.1 Å². The van der Waals surface area contributed by atoms with Gasteiger partial charge in [0.05, 0.1) is 7.11 Å². The van der Waals surface area contributed by atoms with Crippen LogP contribution in [-0.4, -0.2) is 54.5 Å². The molecule has 2 heterocycles. The summed E-state index contributed by atoms with van der Waals surface area (Å²) in [5, 5.41) is 0. The van der Waals surface area contributed by atoms with Crippen molar-refractivity contribution < 1.29 is 13.9 Å². The molecule has 1 fully saturated rings. The SMILES string of the molecule is COc1ccc(F)c(CN2CCC[C@H](CCC(=O)N(C)CCc3ccccn3)C2)c1. The number of nitrogens with zero attached hydrogens (tertiary/aromatic N) is 3. The second-order valence-electron chi connectivity index (χ2n) is 8.13. The lowest BCUT2D eigenvalue weighted by Gasteiger charge is -2.33. The van der Waals surface area contributed by atoms with Crippen LogP contribution in [0.1, 0.15) is 36.9 Å². The fourth-order valence-electron chi connectivity index (χ4n) is 4.04. The first-order valence-corrected chi connectivity index (χ1v) is 10.7. The highest BCUT2D eigenvalue weighted by molar-refractivity contribution is 5.75. The van der Waals surface area contributed by atoms with Gasteiger partial charge < -0.3 is 9.64 Å². The normalized spacial score (nSPS) is 17.0. The Hall–Kier alpha value is -2.47. The minimum absolute atomic E-state index is 0.182. The molecule has 1 aliphatic heterocycles. The van der Waals surface area contributed by atoms with E-state index in [2.05, 4.69) is 9.88 Å². The van der Waals surface area contributed by atoms with E-state index in [4.69, 9.17) is 4.74 Å². The predicted molar refractivity (Wildman–Crippen MR) is 116 cm³/mol. The molecule has 1 aromatic heterocycles. The predicted octanol–water partition coefficient (Wildman–Crippen LogP) is 3.92. The molecule has 0 N–H and O–H groups in total. The molecule has 30 heavy (non-hydrogen) atoms. The zero-order chi connectivity index (χ0) is 21.3. The van der Waals surface area contributed by atoms with Crippen molar-refractivity contribution in [2.45, 2.75) is 38.6 Å². The van der Waals surface area contributed by atoms with Crippen molar-refractivity contribution in [1.29, 1.82) is 0 Å². The first-order valence-electron chi connectivity index (χ1n) is 10.7. The average Bonchev–Trinajstić information content (AvgIpc) is 2.78. The number of halogens is 1. The van der Waals surface area contributed by atoms with E-state index < -0.39 is 0 Å². The van der Waals surface area contributed by atoms with Crippen LogP contribution in [0.3, 0.4) is 0 Å². The number of carbonyl (C=O) groups excluding carboxylic acids is 1. The molecule has 1 amide bonds. The molecular weight excluding hydrogens is 381 g/mol. The van der Waals surface area contributed by atoms with Crippen LogP contribution in [-0.2, 0) is 17.8 Å². The molecule has 1 aromatic carbocycles. The molecule has 0 spiro atoms. The highest BCUT2D eigenvalue weighted by Crippen LogP contribution is 2.25. The number of carbonyl (C=O) groups is 1. The Morgan fingerprint density at radius 2 is 2.20 bits per heavy atom. The van der Waals surface area contributed by atoms with E-state index >= 15 is 0 Å². The summed E-state index contributed by atoms with van der Waals surface area (Å²) in [6, 6.07) is 10.7. The molecule has 162 valence electrons. The zero-order valence-corrected chi connectivity index (χ0v) is 18.0. The second kappa shape index (κ2) is 11.1. The van der Waals surface area contributed by atoms with Gasteiger partial charge >= 0.3 is 0 Å². The van der Waals surface area contributed by atoms with Crippen molar-refractivity contribution in [3.63, 3.8) is 0 Å². The molecule has 2 aromatic rings. The Labute approximate surface area is 178 Å². The van der Waals surface area contributed by atoms with Crippen molar-refractivity contribution >= 4 is 5.91 Å². The summed E-state index contributed by atoms with van der Waals surface area (Å²) < 4.78 is 19.4. The maximum absolute atomic E-state index is 14.2. The largest absolute Gasteiger partial charge is 0.497 e. The van der Waals surface area contributed by atoms with E-state index in [0.29, 0.717) is 36.7 Å². The van der Waals surface area contributed by atoms with Crippen molar-refractivity contribution in [3.05, 3.63) is 59.7 Å². The van der Waals surface area contributed by atoms with Crippen LogP contribution < -0.4 is 4.74 Å². The Bertz CT molecular complexity index is 815. The van der Waals surface area contributed by atoms with Crippen LogP contribution in [0.25, 0.3) is 0 Å². The molecule has 3 rings (SSSR count). The minimum Gasteiger partial charge on any atom is -0.497 e. The molecule has 6 heteroatoms. The first kappa shape index (κ1) is 22.2. The van der Waals surface area contributed by atoms with Crippen LogP contribution in [0.4, 0.5) is 4.39 Å². The van der Waals surface area contributed by atoms with E-state index in [0.717, 1.165) is 44.5 Å². The van der Waals surface area contributed by atoms with Gasteiger partial charge in [0.15, 0.2) is 0 Å². The van der Waals surface area contributed by atoms with E-state index in [1.165, 1.54) is 6.07 Å². The molecule has 0 aliphatic carbocycles. The monoisotopic (exact) mass is 413 g/mol. The standard InChI is InChI=1S/C24H32FN3O2/c1-27(15-12-21-7-3-4-13-26-21)24(29)11-8-19-6-5-14-28(17-19)18-20-16-22(30-2)9-10-23(20)25/h3-4,7,9-10,13,16,19H,5-6,8,11-12,14-15,17-18H2,1-2H3/t19-/m1/s1. The average molecular weight is 414 g/mol. The number of hydrogen-bond acceptors (Lipinski definition) is 4. The Morgan fingerprint density at radius 1 is 1.33 bits per heavy atom. The van der Waals surface area contributed by atoms with Crippen molar-refractivity contribution in [2.24, 2.45) is 5.92 Å². The fraction of sp³-hybridized carbons (Fsp3) is 0.500. The van der Waals surface area contributed by atoms with Gasteiger partial charge in [-0.15, -0.1) is 0 Å². The van der Waals surface area contributed by atoms with E-state index in [-0.39, 0.29) is 11.7 Å². The molecular formula is C24H32FN3O2. The van der Waals surface area contributed by atoms with E-state index in [1.54, 1.807) is 30.3 Å². The van der Waals surface area contributed by atoms with Gasteiger partial charge in [-0.2, -0.15) is 0 Å². The third-order valence-electron chi connectivity index (χ3n) is 5.87. The van der Waals surface area contributed by atoms with Crippen LogP contribution >= 0.6 is 0 Å². The van der Waals surface area contributed by atoms with E-state index in [9.17, 15) is 9.18 Å². The molecule has 1 saturated heterocycles. The lowest BCUT2D eigenvalue weighted by atomic mass is 9.92. The molecule has 1 atom stereocenters. The summed E-state index contributed by atoms with van der Waals surface area (Å²) in [7, 11) is 3.46. The molecule has 1 aliphatic rings. The van der Waals surface area contributed by atoms with Gasteiger partial charge in [0.25, 0.3) is 0 Å². The van der Waals surface area contributed by atoms with Crippen LogP contribution in [0, 0.1) is 11.7 Å². The summed E-state index contributed by atoms with van der Waals surface area (Å²) in [4.78, 5) is 20.9. The lowest BCUT2D eigenvalue weighted by molar-refractivity contribution is -0.130. The van der Waals surface area contributed by atoms with Crippen molar-refractivity contribution in [1.82, 2.24) is 14.8 Å². The third-order valence-corrected chi connectivity index (χ3v) is 5.87. The molecule has 0 bridgehead atoms. The topological polar surface area (TPSA) is 45.7 Å². The summed E-state index contributed by atoms with van der Waals surface area (Å²) in [5.74, 6) is 1.14. The second-order valence-corrected chi connectivity index (χ2v) is 8.13. The number of likely N-dealkylation sites (tertiary alicyclic amines) is 1. The van der Waals surface area contributed by atoms with Gasteiger partial charge in [-0.25, -0.2) is 4.39 Å². The van der Waals surface area contributed by atoms with Gasteiger partial charge in [0, 0.05) is 57.0 Å². The molecule has 5 nitrogen and oxygen atoms in total. The van der Waals surface area contributed by atoms with Crippen LogP contribution in [0.5, 0.6) is 5.75 Å². The number of piperidine rings is 1. The number of amides is 1. The Balaban J connectivity index is 1.43. The number of pyridine rings is 1. The third kappa shape index (κ3) is 6.52. The summed E-state index contributed by atoms with van der Waals surface area (Å²) >= 11 is 0. The summed E-state index contributed by atoms with van der Waals surface area (Å²) in [5.41, 5.74) is 1.67. The highest BCUT2D eigenvalue weighted by atomic mass is 19.1. The first-order chi connectivity index (χ1) is 14.5. The number of benzene rings is 1. The Kier molecular flexibility index (Phi) is 8.20. The molecule has 0 saturated carbocycles. The summed E-state index contributed by atoms with van der Waals surface area (Å²) in [6.07, 6.45) is 6.20. The number of rotatable bonds is 9. The van der Waals surface area contributed by atoms with Crippen LogP contribution in [0.2, 0.25) is 0 Å².